The topological polar surface area (TPSA) is 105 Å². The number of likely N-dealkylation sites (tertiary alicyclic amines) is 1. The molecule has 29 heavy (non-hydrogen) atoms. The average molecular weight is 413 g/mol. The minimum Gasteiger partial charge on any atom is -0.394 e. The molecule has 1 aliphatic heterocycles. The number of anilines is 2. The Morgan fingerprint density at radius 3 is 2.79 bits per heavy atom. The molecule has 8 heteroatoms. The van der Waals surface area contributed by atoms with E-state index in [0.29, 0.717) is 34.1 Å². The number of nitrogens with one attached hydrogen (secondary N) is 2. The van der Waals surface area contributed by atoms with Crippen LogP contribution in [0, 0.1) is 11.3 Å². The van der Waals surface area contributed by atoms with Crippen LogP contribution in [0.5, 0.6) is 0 Å². The maximum Gasteiger partial charge on any atom is 0.256 e. The summed E-state index contributed by atoms with van der Waals surface area (Å²) in [5, 5.41) is 24.7. The second kappa shape index (κ2) is 9.41. The molecule has 1 heterocycles. The molecule has 1 saturated heterocycles. The number of nitriles is 1. The van der Waals surface area contributed by atoms with Gasteiger partial charge in [0.15, 0.2) is 0 Å². The van der Waals surface area contributed by atoms with Crippen molar-refractivity contribution in [3.63, 3.8) is 0 Å². The smallest absolute Gasteiger partial charge is 0.256 e. The van der Waals surface area contributed by atoms with Gasteiger partial charge >= 0.3 is 0 Å². The lowest BCUT2D eigenvalue weighted by Gasteiger charge is -2.24. The predicted molar refractivity (Wildman–Crippen MR) is 111 cm³/mol. The molecule has 150 valence electrons. The number of hydrogen-bond donors (Lipinski definition) is 3. The third-order valence-corrected chi connectivity index (χ3v) is 5.06. The molecular weight excluding hydrogens is 392 g/mol. The van der Waals surface area contributed by atoms with Crippen molar-refractivity contribution in [1.82, 2.24) is 4.90 Å². The summed E-state index contributed by atoms with van der Waals surface area (Å²) < 4.78 is 0. The van der Waals surface area contributed by atoms with Crippen LogP contribution in [-0.4, -0.2) is 47.6 Å². The van der Waals surface area contributed by atoms with E-state index in [-0.39, 0.29) is 31.0 Å². The first-order valence-electron chi connectivity index (χ1n) is 9.27. The van der Waals surface area contributed by atoms with Gasteiger partial charge in [-0.05, 0) is 43.2 Å². The van der Waals surface area contributed by atoms with E-state index in [4.69, 9.17) is 16.9 Å². The van der Waals surface area contributed by atoms with Gasteiger partial charge in [0.05, 0.1) is 36.0 Å². The molecule has 1 aliphatic rings. The molecule has 2 aromatic rings. The van der Waals surface area contributed by atoms with Crippen LogP contribution < -0.4 is 10.6 Å². The lowest BCUT2D eigenvalue weighted by atomic mass is 10.1. The zero-order valence-corrected chi connectivity index (χ0v) is 16.4. The van der Waals surface area contributed by atoms with Crippen LogP contribution in [0.1, 0.15) is 28.8 Å². The first-order valence-corrected chi connectivity index (χ1v) is 9.65. The summed E-state index contributed by atoms with van der Waals surface area (Å²) in [4.78, 5) is 26.9. The summed E-state index contributed by atoms with van der Waals surface area (Å²) >= 11 is 5.94. The van der Waals surface area contributed by atoms with E-state index in [9.17, 15) is 14.7 Å². The molecule has 3 rings (SSSR count). The monoisotopic (exact) mass is 412 g/mol. The predicted octanol–water partition coefficient (Wildman–Crippen LogP) is 2.86. The van der Waals surface area contributed by atoms with E-state index in [0.717, 1.165) is 12.8 Å². The van der Waals surface area contributed by atoms with Crippen molar-refractivity contribution < 1.29 is 14.7 Å². The first kappa shape index (κ1) is 20.6. The van der Waals surface area contributed by atoms with E-state index in [1.807, 2.05) is 6.07 Å². The molecule has 3 N–H and O–H groups in total. The van der Waals surface area contributed by atoms with Crippen molar-refractivity contribution in [1.29, 1.82) is 5.26 Å². The van der Waals surface area contributed by atoms with Gasteiger partial charge in [-0.25, -0.2) is 0 Å². The van der Waals surface area contributed by atoms with E-state index >= 15 is 0 Å². The Hall–Kier alpha value is -3.08. The fourth-order valence-corrected chi connectivity index (χ4v) is 3.53. The lowest BCUT2D eigenvalue weighted by molar-refractivity contribution is -0.114. The summed E-state index contributed by atoms with van der Waals surface area (Å²) in [6.07, 6.45) is 1.64. The summed E-state index contributed by atoms with van der Waals surface area (Å²) in [5.41, 5.74) is 1.62. The maximum absolute atomic E-state index is 12.9. The van der Waals surface area contributed by atoms with Gasteiger partial charge in [0.1, 0.15) is 6.07 Å². The molecule has 1 atom stereocenters. The minimum absolute atomic E-state index is 0.0649. The minimum atomic E-state index is -0.375. The van der Waals surface area contributed by atoms with Crippen molar-refractivity contribution >= 4 is 34.8 Å². The number of aliphatic hydroxyl groups is 1. The van der Waals surface area contributed by atoms with Crippen molar-refractivity contribution in [3.05, 3.63) is 58.6 Å². The highest BCUT2D eigenvalue weighted by molar-refractivity contribution is 6.31. The van der Waals surface area contributed by atoms with Crippen LogP contribution in [0.25, 0.3) is 0 Å². The molecule has 0 spiro atoms. The van der Waals surface area contributed by atoms with Gasteiger partial charge in [-0.2, -0.15) is 5.26 Å². The van der Waals surface area contributed by atoms with Crippen LogP contribution in [0.4, 0.5) is 11.4 Å². The van der Waals surface area contributed by atoms with Crippen LogP contribution in [0.2, 0.25) is 5.02 Å². The number of benzene rings is 2. The largest absolute Gasteiger partial charge is 0.394 e. The first-order chi connectivity index (χ1) is 14.0. The molecule has 1 unspecified atom stereocenters. The number of nitrogens with zero attached hydrogens (tertiary/aromatic N) is 2. The summed E-state index contributed by atoms with van der Waals surface area (Å²) in [6.45, 7) is 0.445. The fourth-order valence-electron chi connectivity index (χ4n) is 3.36. The molecule has 0 aromatic heterocycles. The molecule has 0 saturated carbocycles. The third-order valence-electron chi connectivity index (χ3n) is 4.82. The highest BCUT2D eigenvalue weighted by Crippen LogP contribution is 2.24. The number of amides is 2. The van der Waals surface area contributed by atoms with Crippen LogP contribution in [0.3, 0.4) is 0 Å². The van der Waals surface area contributed by atoms with Gasteiger partial charge in [-0.3, -0.25) is 9.59 Å². The zero-order valence-electron chi connectivity index (χ0n) is 15.7. The number of carbonyl (C=O) groups is 2. The molecule has 2 aromatic carbocycles. The highest BCUT2D eigenvalue weighted by Gasteiger charge is 2.29. The normalized spacial score (nSPS) is 15.6. The quantitative estimate of drug-likeness (QED) is 0.676. The Morgan fingerprint density at radius 2 is 2.03 bits per heavy atom. The van der Waals surface area contributed by atoms with Crippen LogP contribution >= 0.6 is 11.6 Å². The highest BCUT2D eigenvalue weighted by atomic mass is 35.5. The van der Waals surface area contributed by atoms with E-state index < -0.39 is 0 Å². The second-order valence-electron chi connectivity index (χ2n) is 6.73. The van der Waals surface area contributed by atoms with Gasteiger partial charge in [0.2, 0.25) is 5.91 Å². The molecule has 0 bridgehead atoms. The van der Waals surface area contributed by atoms with Crippen molar-refractivity contribution in [2.75, 3.05) is 30.3 Å². The number of hydrogen-bond acceptors (Lipinski definition) is 5. The van der Waals surface area contributed by atoms with Crippen LogP contribution in [0.15, 0.2) is 42.5 Å². The SMILES string of the molecule is N#Cc1ccc(Cl)cc1NC(=O)CNc1ccccc1C(=O)N1CCCC1CO. The Labute approximate surface area is 173 Å². The van der Waals surface area contributed by atoms with Gasteiger partial charge in [0, 0.05) is 17.3 Å². The van der Waals surface area contributed by atoms with Gasteiger partial charge in [-0.15, -0.1) is 0 Å². The maximum atomic E-state index is 12.9. The summed E-state index contributed by atoms with van der Waals surface area (Å²) in [5.74, 6) is -0.549. The fraction of sp³-hybridized carbons (Fsp3) is 0.286. The van der Waals surface area contributed by atoms with Crippen LogP contribution in [-0.2, 0) is 4.79 Å². The molecule has 0 radical (unpaired) electrons. The Balaban J connectivity index is 1.69. The Bertz CT molecular complexity index is 957. The third kappa shape index (κ3) is 4.86. The number of halogens is 1. The van der Waals surface area contributed by atoms with Crippen molar-refractivity contribution in [2.45, 2.75) is 18.9 Å². The summed E-state index contributed by atoms with van der Waals surface area (Å²) in [7, 11) is 0. The van der Waals surface area contributed by atoms with E-state index in [1.54, 1.807) is 35.2 Å². The van der Waals surface area contributed by atoms with Crippen molar-refractivity contribution in [3.8, 4) is 6.07 Å². The molecule has 7 nitrogen and oxygen atoms in total. The number of carbonyl (C=O) groups excluding carboxylic acids is 2. The second-order valence-corrected chi connectivity index (χ2v) is 7.16. The molecule has 1 fully saturated rings. The van der Waals surface area contributed by atoms with E-state index in [1.165, 1.54) is 12.1 Å². The number of para-hydroxylation sites is 1. The Morgan fingerprint density at radius 1 is 1.24 bits per heavy atom. The van der Waals surface area contributed by atoms with Gasteiger partial charge in [0.25, 0.3) is 5.91 Å². The summed E-state index contributed by atoms with van der Waals surface area (Å²) in [6, 6.07) is 13.4. The van der Waals surface area contributed by atoms with Gasteiger partial charge in [-0.1, -0.05) is 23.7 Å². The average Bonchev–Trinajstić information content (AvgIpc) is 3.21. The number of rotatable bonds is 6. The van der Waals surface area contributed by atoms with E-state index in [2.05, 4.69) is 10.6 Å². The molecule has 0 aliphatic carbocycles. The Kier molecular flexibility index (Phi) is 6.70. The number of aliphatic hydroxyl groups excluding tert-OH is 1. The van der Waals surface area contributed by atoms with Crippen molar-refractivity contribution in [2.24, 2.45) is 0 Å². The molecule has 2 amide bonds. The lowest BCUT2D eigenvalue weighted by Crippen LogP contribution is -2.38. The standard InChI is InChI=1S/C21H21ClN4O3/c22-15-8-7-14(11-23)19(10-15)25-20(28)12-24-18-6-2-1-5-17(18)21(29)26-9-3-4-16(26)13-27/h1-2,5-8,10,16,24,27H,3-4,9,12-13H2,(H,25,28). The molecular formula is C21H21ClN4O3. The zero-order chi connectivity index (χ0) is 20.8. The van der Waals surface area contributed by atoms with Gasteiger partial charge < -0.3 is 20.6 Å².